The second-order valence-corrected chi connectivity index (χ2v) is 6.27. The van der Waals surface area contributed by atoms with Crippen LogP contribution in [0, 0.1) is 0 Å². The number of nitrogens with zero attached hydrogens (tertiary/aromatic N) is 1. The summed E-state index contributed by atoms with van der Waals surface area (Å²) < 4.78 is 0. The van der Waals surface area contributed by atoms with E-state index in [9.17, 15) is 4.79 Å². The first kappa shape index (κ1) is 17.1. The van der Waals surface area contributed by atoms with E-state index in [1.165, 1.54) is 0 Å². The summed E-state index contributed by atoms with van der Waals surface area (Å²) in [4.78, 5) is 14.1. The molecule has 0 saturated carbocycles. The Morgan fingerprint density at radius 3 is 2.50 bits per heavy atom. The Kier molecular flexibility index (Phi) is 5.68. The summed E-state index contributed by atoms with van der Waals surface area (Å²) in [6.45, 7) is 6.52. The van der Waals surface area contributed by atoms with Gasteiger partial charge in [0.15, 0.2) is 0 Å². The van der Waals surface area contributed by atoms with Crippen LogP contribution in [0.3, 0.4) is 0 Å². The Balaban J connectivity index is 2.78. The fourth-order valence-corrected chi connectivity index (χ4v) is 2.16. The number of nitrogens with two attached hydrogens (primary N) is 1. The number of carbonyl (C=O) groups is 1. The quantitative estimate of drug-likeness (QED) is 0.815. The van der Waals surface area contributed by atoms with E-state index in [-0.39, 0.29) is 18.0 Å². The van der Waals surface area contributed by atoms with Crippen molar-refractivity contribution >= 4 is 40.5 Å². The predicted molar refractivity (Wildman–Crippen MR) is 86.5 cm³/mol. The fourth-order valence-electron chi connectivity index (χ4n) is 1.60. The molecule has 1 amide bonds. The third kappa shape index (κ3) is 4.27. The maximum absolute atomic E-state index is 12.1. The van der Waals surface area contributed by atoms with Crippen LogP contribution in [0.1, 0.15) is 27.2 Å². The van der Waals surface area contributed by atoms with Gasteiger partial charge < -0.3 is 11.1 Å². The second-order valence-electron chi connectivity index (χ2n) is 5.42. The first-order valence-corrected chi connectivity index (χ1v) is 7.18. The van der Waals surface area contributed by atoms with Gasteiger partial charge in [-0.15, -0.1) is 0 Å². The van der Waals surface area contributed by atoms with Crippen molar-refractivity contribution in [2.24, 2.45) is 0 Å². The van der Waals surface area contributed by atoms with E-state index in [0.717, 1.165) is 6.42 Å². The molecule has 4 nitrogen and oxygen atoms in total. The van der Waals surface area contributed by atoms with Crippen LogP contribution in [0.25, 0.3) is 0 Å². The molecule has 1 rings (SSSR count). The van der Waals surface area contributed by atoms with E-state index in [2.05, 4.69) is 26.1 Å². The molecule has 3 N–H and O–H groups in total. The molecule has 0 aliphatic carbocycles. The number of anilines is 2. The molecule has 1 aromatic rings. The molecule has 0 saturated heterocycles. The average molecular weight is 318 g/mol. The zero-order valence-corrected chi connectivity index (χ0v) is 13.8. The van der Waals surface area contributed by atoms with Crippen LogP contribution in [0.5, 0.6) is 0 Å². The van der Waals surface area contributed by atoms with Crippen molar-refractivity contribution in [3.63, 3.8) is 0 Å². The summed E-state index contributed by atoms with van der Waals surface area (Å²) in [6.07, 6.45) is 0.945. The van der Waals surface area contributed by atoms with Gasteiger partial charge in [-0.25, -0.2) is 0 Å². The number of benzene rings is 1. The van der Waals surface area contributed by atoms with Gasteiger partial charge in [0.1, 0.15) is 0 Å². The topological polar surface area (TPSA) is 58.4 Å². The highest BCUT2D eigenvalue weighted by molar-refractivity contribution is 6.37. The van der Waals surface area contributed by atoms with E-state index < -0.39 is 0 Å². The Morgan fingerprint density at radius 1 is 1.40 bits per heavy atom. The van der Waals surface area contributed by atoms with Gasteiger partial charge in [0.2, 0.25) is 5.91 Å². The molecule has 112 valence electrons. The molecule has 0 spiro atoms. The van der Waals surface area contributed by atoms with Crippen LogP contribution in [-0.4, -0.2) is 29.9 Å². The van der Waals surface area contributed by atoms with E-state index in [1.807, 2.05) is 11.9 Å². The highest BCUT2D eigenvalue weighted by Gasteiger charge is 2.23. The minimum absolute atomic E-state index is 0.0489. The molecule has 0 unspecified atom stereocenters. The lowest BCUT2D eigenvalue weighted by Gasteiger charge is -2.34. The van der Waals surface area contributed by atoms with Gasteiger partial charge in [-0.1, -0.05) is 30.1 Å². The standard InChI is InChI=1S/C14H21Cl2N3O/c1-5-14(2,3)19(4)8-12(20)18-13-10(16)6-9(15)7-11(13)17/h6-7H,5,8,17H2,1-4H3,(H,18,20). The molecular weight excluding hydrogens is 297 g/mol. The van der Waals surface area contributed by atoms with Gasteiger partial charge in [-0.3, -0.25) is 9.69 Å². The van der Waals surface area contributed by atoms with Crippen LogP contribution < -0.4 is 11.1 Å². The van der Waals surface area contributed by atoms with Crippen LogP contribution in [0.15, 0.2) is 12.1 Å². The van der Waals surface area contributed by atoms with Crippen molar-refractivity contribution in [3.8, 4) is 0 Å². The van der Waals surface area contributed by atoms with Crippen molar-refractivity contribution in [2.75, 3.05) is 24.6 Å². The molecule has 6 heteroatoms. The first-order chi connectivity index (χ1) is 9.17. The number of halogens is 2. The molecule has 0 aliphatic rings. The van der Waals surface area contributed by atoms with E-state index in [4.69, 9.17) is 28.9 Å². The monoisotopic (exact) mass is 317 g/mol. The SMILES string of the molecule is CCC(C)(C)N(C)CC(=O)Nc1c(N)cc(Cl)cc1Cl. The Morgan fingerprint density at radius 2 is 2.00 bits per heavy atom. The zero-order valence-electron chi connectivity index (χ0n) is 12.3. The predicted octanol–water partition coefficient (Wildman–Crippen LogP) is 3.63. The Hall–Kier alpha value is -0.970. The normalized spacial score (nSPS) is 11.8. The summed E-state index contributed by atoms with van der Waals surface area (Å²) in [6, 6.07) is 3.11. The molecule has 0 radical (unpaired) electrons. The highest BCUT2D eigenvalue weighted by Crippen LogP contribution is 2.32. The number of amides is 1. The average Bonchev–Trinajstić information content (AvgIpc) is 2.33. The van der Waals surface area contributed by atoms with Crippen LogP contribution in [0.2, 0.25) is 10.0 Å². The Labute approximate surface area is 130 Å². The van der Waals surface area contributed by atoms with E-state index >= 15 is 0 Å². The lowest BCUT2D eigenvalue weighted by Crippen LogP contribution is -2.44. The maximum atomic E-state index is 12.1. The Bertz CT molecular complexity index is 480. The number of nitrogens with one attached hydrogen (secondary N) is 1. The number of likely N-dealkylation sites (N-methyl/N-ethyl adjacent to an activating group) is 1. The van der Waals surface area contributed by atoms with Crippen LogP contribution in [-0.2, 0) is 4.79 Å². The summed E-state index contributed by atoms with van der Waals surface area (Å²) >= 11 is 11.9. The number of hydrogen-bond acceptors (Lipinski definition) is 3. The summed E-state index contributed by atoms with van der Waals surface area (Å²) in [5.41, 5.74) is 6.53. The number of hydrogen-bond donors (Lipinski definition) is 2. The molecule has 1 aromatic carbocycles. The van der Waals surface area contributed by atoms with Crippen molar-refractivity contribution < 1.29 is 4.79 Å². The third-order valence-corrected chi connectivity index (χ3v) is 4.15. The smallest absolute Gasteiger partial charge is 0.238 e. The molecule has 0 bridgehead atoms. The largest absolute Gasteiger partial charge is 0.397 e. The molecule has 20 heavy (non-hydrogen) atoms. The summed E-state index contributed by atoms with van der Waals surface area (Å²) in [5, 5.41) is 3.51. The summed E-state index contributed by atoms with van der Waals surface area (Å²) in [7, 11) is 1.91. The van der Waals surface area contributed by atoms with Gasteiger partial charge >= 0.3 is 0 Å². The zero-order chi connectivity index (χ0) is 15.5. The third-order valence-electron chi connectivity index (χ3n) is 3.63. The van der Waals surface area contributed by atoms with Gasteiger partial charge in [0.05, 0.1) is 22.9 Å². The minimum Gasteiger partial charge on any atom is -0.397 e. The van der Waals surface area contributed by atoms with Gasteiger partial charge in [-0.05, 0) is 39.4 Å². The summed E-state index contributed by atoms with van der Waals surface area (Å²) in [5.74, 6) is -0.162. The number of nitrogen functional groups attached to an aromatic ring is 1. The molecule has 0 aromatic heterocycles. The minimum atomic E-state index is -0.162. The van der Waals surface area contributed by atoms with Gasteiger partial charge in [0, 0.05) is 10.6 Å². The van der Waals surface area contributed by atoms with Gasteiger partial charge in [0.25, 0.3) is 0 Å². The molecule has 0 atom stereocenters. The van der Waals surface area contributed by atoms with Crippen LogP contribution in [0.4, 0.5) is 11.4 Å². The van der Waals surface area contributed by atoms with Crippen molar-refractivity contribution in [1.82, 2.24) is 4.90 Å². The molecule has 0 heterocycles. The maximum Gasteiger partial charge on any atom is 0.238 e. The van der Waals surface area contributed by atoms with Gasteiger partial charge in [-0.2, -0.15) is 0 Å². The molecule has 0 fully saturated rings. The lowest BCUT2D eigenvalue weighted by atomic mass is 10.00. The van der Waals surface area contributed by atoms with Crippen molar-refractivity contribution in [2.45, 2.75) is 32.7 Å². The number of rotatable bonds is 5. The first-order valence-electron chi connectivity index (χ1n) is 6.43. The molecular formula is C14H21Cl2N3O. The van der Waals surface area contributed by atoms with Crippen molar-refractivity contribution in [1.29, 1.82) is 0 Å². The molecule has 0 aliphatic heterocycles. The highest BCUT2D eigenvalue weighted by atomic mass is 35.5. The fraction of sp³-hybridized carbons (Fsp3) is 0.500. The van der Waals surface area contributed by atoms with E-state index in [0.29, 0.717) is 21.4 Å². The number of carbonyl (C=O) groups excluding carboxylic acids is 1. The van der Waals surface area contributed by atoms with Crippen molar-refractivity contribution in [3.05, 3.63) is 22.2 Å². The lowest BCUT2D eigenvalue weighted by molar-refractivity contribution is -0.118. The second kappa shape index (κ2) is 6.66. The van der Waals surface area contributed by atoms with E-state index in [1.54, 1.807) is 12.1 Å². The van der Waals surface area contributed by atoms with Crippen LogP contribution >= 0.6 is 23.2 Å².